The van der Waals surface area contributed by atoms with Crippen molar-refractivity contribution in [3.8, 4) is 0 Å². The lowest BCUT2D eigenvalue weighted by molar-refractivity contribution is -0.120. The molecule has 128 valence electrons. The van der Waals surface area contributed by atoms with E-state index in [1.807, 2.05) is 53.4 Å². The molecule has 2 aromatic rings. The molecule has 0 N–H and O–H groups in total. The van der Waals surface area contributed by atoms with Gasteiger partial charge >= 0.3 is 0 Å². The molecule has 1 atom stereocenters. The molecule has 0 aliphatic carbocycles. The monoisotopic (exact) mass is 387 g/mol. The van der Waals surface area contributed by atoms with Crippen LogP contribution >= 0.6 is 15.9 Å². The number of hydrogen-bond acceptors (Lipinski definition) is 1. The summed E-state index contributed by atoms with van der Waals surface area (Å²) in [6, 6.07) is 20.1. The standard InChI is InChI=1S/C21H26BrNO/c1-20(2,3)18(22)19(24)23(17-14-10-7-11-15-17)21(4,5)16-12-8-6-9-13-16/h6-15,18H,1-5H3. The summed E-state index contributed by atoms with van der Waals surface area (Å²) in [5.74, 6) is 0.0718. The number of hydrogen-bond donors (Lipinski definition) is 0. The number of benzene rings is 2. The largest absolute Gasteiger partial charge is 0.302 e. The highest BCUT2D eigenvalue weighted by atomic mass is 79.9. The molecule has 1 amide bonds. The van der Waals surface area contributed by atoms with Crippen molar-refractivity contribution in [2.75, 3.05) is 4.90 Å². The zero-order valence-corrected chi connectivity index (χ0v) is 16.7. The molecule has 2 rings (SSSR count). The molecule has 0 bridgehead atoms. The van der Waals surface area contributed by atoms with Gasteiger partial charge in [-0.3, -0.25) is 4.79 Å². The Bertz CT molecular complexity index is 674. The van der Waals surface area contributed by atoms with Gasteiger partial charge in [-0.05, 0) is 37.0 Å². The van der Waals surface area contributed by atoms with Gasteiger partial charge in [0, 0.05) is 5.69 Å². The quantitative estimate of drug-likeness (QED) is 0.610. The summed E-state index contributed by atoms with van der Waals surface area (Å²) in [5, 5.41) is 0. The summed E-state index contributed by atoms with van der Waals surface area (Å²) in [4.78, 5) is 15.0. The highest BCUT2D eigenvalue weighted by Gasteiger charge is 2.40. The Kier molecular flexibility index (Phi) is 5.54. The first kappa shape index (κ1) is 18.7. The Morgan fingerprint density at radius 3 is 1.79 bits per heavy atom. The number of carbonyl (C=O) groups excluding carboxylic acids is 1. The van der Waals surface area contributed by atoms with Gasteiger partial charge in [0.25, 0.3) is 0 Å². The first-order chi connectivity index (χ1) is 11.2. The topological polar surface area (TPSA) is 20.3 Å². The number of amides is 1. The average Bonchev–Trinajstić information content (AvgIpc) is 2.55. The van der Waals surface area contributed by atoms with Gasteiger partial charge < -0.3 is 4.90 Å². The Morgan fingerprint density at radius 1 is 0.875 bits per heavy atom. The van der Waals surface area contributed by atoms with Gasteiger partial charge in [0.05, 0.1) is 10.4 Å². The van der Waals surface area contributed by atoms with Crippen LogP contribution in [0.1, 0.15) is 40.2 Å². The fourth-order valence-corrected chi connectivity index (χ4v) is 2.97. The van der Waals surface area contributed by atoms with E-state index in [0.29, 0.717) is 0 Å². The number of para-hydroxylation sites is 1. The van der Waals surface area contributed by atoms with Gasteiger partial charge in [0.15, 0.2) is 0 Å². The summed E-state index contributed by atoms with van der Waals surface area (Å²) >= 11 is 3.64. The molecule has 0 heterocycles. The van der Waals surface area contributed by atoms with Gasteiger partial charge in [-0.25, -0.2) is 0 Å². The van der Waals surface area contributed by atoms with Crippen molar-refractivity contribution in [2.24, 2.45) is 5.41 Å². The summed E-state index contributed by atoms with van der Waals surface area (Å²) in [6.07, 6.45) is 0. The Hall–Kier alpha value is -1.61. The number of halogens is 1. The molecular weight excluding hydrogens is 362 g/mol. The van der Waals surface area contributed by atoms with Gasteiger partial charge in [0.2, 0.25) is 5.91 Å². The van der Waals surface area contributed by atoms with Crippen LogP contribution in [0, 0.1) is 5.41 Å². The summed E-state index contributed by atoms with van der Waals surface area (Å²) in [6.45, 7) is 10.4. The molecule has 24 heavy (non-hydrogen) atoms. The Morgan fingerprint density at radius 2 is 1.33 bits per heavy atom. The van der Waals surface area contributed by atoms with E-state index in [0.717, 1.165) is 11.3 Å². The molecule has 2 nitrogen and oxygen atoms in total. The van der Waals surface area contributed by atoms with Crippen LogP contribution in [0.4, 0.5) is 5.69 Å². The third-order valence-electron chi connectivity index (χ3n) is 4.25. The van der Waals surface area contributed by atoms with Crippen LogP contribution in [0.3, 0.4) is 0 Å². The van der Waals surface area contributed by atoms with Crippen molar-refractivity contribution in [1.82, 2.24) is 0 Å². The Balaban J connectivity index is 2.54. The third-order valence-corrected chi connectivity index (χ3v) is 6.02. The van der Waals surface area contributed by atoms with Gasteiger partial charge in [-0.1, -0.05) is 85.2 Å². The molecular formula is C21H26BrNO. The van der Waals surface area contributed by atoms with Crippen molar-refractivity contribution in [2.45, 2.75) is 45.0 Å². The van der Waals surface area contributed by atoms with E-state index in [4.69, 9.17) is 0 Å². The zero-order valence-electron chi connectivity index (χ0n) is 15.1. The highest BCUT2D eigenvalue weighted by Crippen LogP contribution is 2.37. The molecule has 0 saturated carbocycles. The molecule has 1 unspecified atom stereocenters. The average molecular weight is 388 g/mol. The predicted molar refractivity (Wildman–Crippen MR) is 106 cm³/mol. The van der Waals surface area contributed by atoms with E-state index in [-0.39, 0.29) is 16.1 Å². The van der Waals surface area contributed by atoms with E-state index in [9.17, 15) is 4.79 Å². The lowest BCUT2D eigenvalue weighted by Crippen LogP contribution is -2.51. The zero-order chi connectivity index (χ0) is 18.0. The van der Waals surface area contributed by atoms with Crippen LogP contribution in [-0.4, -0.2) is 10.7 Å². The number of nitrogens with zero attached hydrogens (tertiary/aromatic N) is 1. The minimum absolute atomic E-state index is 0.0718. The van der Waals surface area contributed by atoms with Gasteiger partial charge in [-0.2, -0.15) is 0 Å². The van der Waals surface area contributed by atoms with Crippen molar-refractivity contribution in [3.05, 3.63) is 66.2 Å². The van der Waals surface area contributed by atoms with E-state index in [1.54, 1.807) is 0 Å². The van der Waals surface area contributed by atoms with E-state index < -0.39 is 5.54 Å². The molecule has 0 radical (unpaired) electrons. The summed E-state index contributed by atoms with van der Waals surface area (Å²) in [5.41, 5.74) is 1.38. The van der Waals surface area contributed by atoms with E-state index >= 15 is 0 Å². The van der Waals surface area contributed by atoms with Gasteiger partial charge in [-0.15, -0.1) is 0 Å². The Labute approximate surface area is 154 Å². The van der Waals surface area contributed by atoms with Crippen molar-refractivity contribution in [3.63, 3.8) is 0 Å². The predicted octanol–water partition coefficient (Wildman–Crippen LogP) is 5.76. The van der Waals surface area contributed by atoms with Crippen molar-refractivity contribution >= 4 is 27.5 Å². The number of anilines is 1. The first-order valence-corrected chi connectivity index (χ1v) is 9.16. The minimum Gasteiger partial charge on any atom is -0.302 e. The molecule has 0 aliphatic heterocycles. The second-order valence-electron chi connectivity index (χ2n) is 7.66. The maximum absolute atomic E-state index is 13.4. The molecule has 0 spiro atoms. The lowest BCUT2D eigenvalue weighted by Gasteiger charge is -2.42. The molecule has 0 saturated heterocycles. The maximum Gasteiger partial charge on any atom is 0.242 e. The lowest BCUT2D eigenvalue weighted by atomic mass is 9.87. The molecule has 2 aromatic carbocycles. The third kappa shape index (κ3) is 3.89. The molecule has 0 fully saturated rings. The number of rotatable bonds is 4. The van der Waals surface area contributed by atoms with Crippen LogP contribution in [0.5, 0.6) is 0 Å². The SMILES string of the molecule is CC(C)(C)C(Br)C(=O)N(c1ccccc1)C(C)(C)c1ccccc1. The van der Waals surface area contributed by atoms with Gasteiger partial charge in [0.1, 0.15) is 0 Å². The molecule has 3 heteroatoms. The first-order valence-electron chi connectivity index (χ1n) is 8.24. The smallest absolute Gasteiger partial charge is 0.242 e. The summed E-state index contributed by atoms with van der Waals surface area (Å²) in [7, 11) is 0. The van der Waals surface area contributed by atoms with Crippen LogP contribution in [0.15, 0.2) is 60.7 Å². The van der Waals surface area contributed by atoms with Crippen LogP contribution in [-0.2, 0) is 10.3 Å². The van der Waals surface area contributed by atoms with Crippen LogP contribution in [0.25, 0.3) is 0 Å². The number of alkyl halides is 1. The number of carbonyl (C=O) groups is 1. The highest BCUT2D eigenvalue weighted by molar-refractivity contribution is 9.10. The molecule has 0 aliphatic rings. The normalized spacial score (nSPS) is 13.4. The fraction of sp³-hybridized carbons (Fsp3) is 0.381. The fourth-order valence-electron chi connectivity index (χ4n) is 2.76. The van der Waals surface area contributed by atoms with Crippen molar-refractivity contribution < 1.29 is 4.79 Å². The van der Waals surface area contributed by atoms with Crippen LogP contribution < -0.4 is 4.90 Å². The van der Waals surface area contributed by atoms with E-state index in [2.05, 4.69) is 62.7 Å². The molecule has 0 aromatic heterocycles. The minimum atomic E-state index is -0.461. The summed E-state index contributed by atoms with van der Waals surface area (Å²) < 4.78 is 0. The van der Waals surface area contributed by atoms with Crippen molar-refractivity contribution in [1.29, 1.82) is 0 Å². The van der Waals surface area contributed by atoms with Crippen LogP contribution in [0.2, 0.25) is 0 Å². The second kappa shape index (κ2) is 7.10. The van der Waals surface area contributed by atoms with E-state index in [1.165, 1.54) is 0 Å². The maximum atomic E-state index is 13.4. The second-order valence-corrected chi connectivity index (χ2v) is 8.58.